The van der Waals surface area contributed by atoms with Gasteiger partial charge in [-0.25, -0.2) is 22.6 Å². The lowest BCUT2D eigenvalue weighted by atomic mass is 10.2. The molecule has 0 radical (unpaired) electrons. The van der Waals surface area contributed by atoms with Crippen molar-refractivity contribution >= 4 is 16.0 Å². The Morgan fingerprint density at radius 1 is 1.52 bits per heavy atom. The minimum Gasteiger partial charge on any atom is -0.463 e. The van der Waals surface area contributed by atoms with Crippen LogP contribution in [0.3, 0.4) is 0 Å². The quantitative estimate of drug-likeness (QED) is 0.850. The number of aromatic amines is 1. The molecule has 0 spiro atoms. The normalized spacial score (nSPS) is 10.9. The second-order valence-electron chi connectivity index (χ2n) is 3.76. The molecule has 0 aliphatic heterocycles. The Bertz CT molecular complexity index is 796. The maximum absolute atomic E-state index is 13.2. The zero-order chi connectivity index (χ0) is 15.5. The average Bonchev–Trinajstić information content (AvgIpc) is 2.86. The molecule has 0 aliphatic rings. The molecule has 0 saturated carbocycles. The van der Waals surface area contributed by atoms with Gasteiger partial charge in [0.05, 0.1) is 17.1 Å². The van der Waals surface area contributed by atoms with Gasteiger partial charge in [0.25, 0.3) is 10.0 Å². The van der Waals surface area contributed by atoms with Crippen LogP contribution in [0.4, 0.5) is 10.3 Å². The number of benzene rings is 1. The van der Waals surface area contributed by atoms with E-state index < -0.39 is 15.8 Å². The summed E-state index contributed by atoms with van der Waals surface area (Å²) >= 11 is 0. The van der Waals surface area contributed by atoms with Crippen LogP contribution in [-0.4, -0.2) is 30.2 Å². The number of H-pyrrole nitrogens is 1. The van der Waals surface area contributed by atoms with E-state index in [1.54, 1.807) is 13.0 Å². The van der Waals surface area contributed by atoms with Gasteiger partial charge in [-0.3, -0.25) is 0 Å². The molecule has 1 heterocycles. The van der Waals surface area contributed by atoms with Crippen molar-refractivity contribution in [2.75, 3.05) is 11.3 Å². The van der Waals surface area contributed by atoms with Gasteiger partial charge >= 0.3 is 6.01 Å². The van der Waals surface area contributed by atoms with Gasteiger partial charge < -0.3 is 4.74 Å². The third-order valence-corrected chi connectivity index (χ3v) is 3.67. The summed E-state index contributed by atoms with van der Waals surface area (Å²) in [4.78, 5) is 3.48. The van der Waals surface area contributed by atoms with Gasteiger partial charge in [-0.15, -0.1) is 5.10 Å². The van der Waals surface area contributed by atoms with E-state index in [1.165, 1.54) is 0 Å². The number of nitriles is 1. The summed E-state index contributed by atoms with van der Waals surface area (Å²) in [5, 5.41) is 14.7. The van der Waals surface area contributed by atoms with Crippen molar-refractivity contribution in [3.05, 3.63) is 29.6 Å². The summed E-state index contributed by atoms with van der Waals surface area (Å²) in [6.07, 6.45) is 0. The number of hydrogen-bond acceptors (Lipinski definition) is 6. The van der Waals surface area contributed by atoms with E-state index >= 15 is 0 Å². The van der Waals surface area contributed by atoms with Crippen LogP contribution in [0.1, 0.15) is 12.5 Å². The predicted octanol–water partition coefficient (Wildman–Crippen LogP) is 1.01. The summed E-state index contributed by atoms with van der Waals surface area (Å²) in [5.74, 6) is -0.948. The summed E-state index contributed by atoms with van der Waals surface area (Å²) in [5.41, 5.74) is -0.370. The summed E-state index contributed by atoms with van der Waals surface area (Å²) < 4.78 is 44.4. The maximum atomic E-state index is 13.2. The van der Waals surface area contributed by atoms with Crippen LogP contribution in [0.2, 0.25) is 0 Å². The van der Waals surface area contributed by atoms with E-state index in [0.717, 1.165) is 18.2 Å². The van der Waals surface area contributed by atoms with Crippen LogP contribution in [0.15, 0.2) is 23.1 Å². The molecule has 2 rings (SSSR count). The Balaban J connectivity index is 2.27. The third-order valence-electron chi connectivity index (χ3n) is 2.34. The predicted molar refractivity (Wildman–Crippen MR) is 69.5 cm³/mol. The van der Waals surface area contributed by atoms with E-state index in [2.05, 4.69) is 19.9 Å². The molecule has 0 fully saturated rings. The minimum atomic E-state index is -4.02. The van der Waals surface area contributed by atoms with E-state index in [1.807, 2.05) is 0 Å². The van der Waals surface area contributed by atoms with Crippen molar-refractivity contribution in [2.24, 2.45) is 0 Å². The third kappa shape index (κ3) is 3.26. The van der Waals surface area contributed by atoms with Crippen molar-refractivity contribution in [1.82, 2.24) is 15.2 Å². The van der Waals surface area contributed by atoms with Crippen molar-refractivity contribution < 1.29 is 17.5 Å². The van der Waals surface area contributed by atoms with Crippen molar-refractivity contribution in [3.8, 4) is 12.1 Å². The molecule has 8 nitrogen and oxygen atoms in total. The molecule has 0 amide bonds. The zero-order valence-electron chi connectivity index (χ0n) is 10.8. The lowest BCUT2D eigenvalue weighted by Crippen LogP contribution is -2.14. The molecular formula is C11H10FN5O3S. The molecule has 0 bridgehead atoms. The van der Waals surface area contributed by atoms with Crippen LogP contribution in [0, 0.1) is 17.1 Å². The molecule has 0 saturated heterocycles. The Kier molecular flexibility index (Phi) is 4.04. The van der Waals surface area contributed by atoms with Gasteiger partial charge in [0.2, 0.25) is 5.95 Å². The largest absolute Gasteiger partial charge is 0.463 e. The fourth-order valence-electron chi connectivity index (χ4n) is 1.43. The summed E-state index contributed by atoms with van der Waals surface area (Å²) in [7, 11) is -4.02. The van der Waals surface area contributed by atoms with E-state index in [-0.39, 0.29) is 22.4 Å². The molecule has 10 heteroatoms. The number of nitrogens with zero attached hydrogens (tertiary/aromatic N) is 3. The fourth-order valence-corrected chi connectivity index (χ4v) is 2.41. The number of halogens is 1. The molecule has 0 unspecified atom stereocenters. The molecule has 0 atom stereocenters. The topological polar surface area (TPSA) is 121 Å². The van der Waals surface area contributed by atoms with Gasteiger partial charge in [-0.2, -0.15) is 10.2 Å². The number of anilines is 1. The second-order valence-corrected chi connectivity index (χ2v) is 5.44. The smallest absolute Gasteiger partial charge is 0.337 e. The van der Waals surface area contributed by atoms with Crippen LogP contribution >= 0.6 is 0 Å². The van der Waals surface area contributed by atoms with Crippen molar-refractivity contribution in [2.45, 2.75) is 11.8 Å². The number of nitrogens with one attached hydrogen (secondary N) is 2. The average molecular weight is 311 g/mol. The Morgan fingerprint density at radius 2 is 2.29 bits per heavy atom. The molecular weight excluding hydrogens is 301 g/mol. The maximum Gasteiger partial charge on any atom is 0.337 e. The van der Waals surface area contributed by atoms with Crippen LogP contribution in [-0.2, 0) is 10.0 Å². The lowest BCUT2D eigenvalue weighted by Gasteiger charge is -2.05. The Labute approximate surface area is 119 Å². The molecule has 110 valence electrons. The van der Waals surface area contributed by atoms with Gasteiger partial charge in [-0.1, -0.05) is 0 Å². The van der Waals surface area contributed by atoms with E-state index in [9.17, 15) is 12.8 Å². The highest BCUT2D eigenvalue weighted by molar-refractivity contribution is 7.92. The molecule has 0 aliphatic carbocycles. The Hall–Kier alpha value is -2.67. The number of rotatable bonds is 5. The monoisotopic (exact) mass is 311 g/mol. The van der Waals surface area contributed by atoms with Crippen molar-refractivity contribution in [3.63, 3.8) is 0 Å². The first-order chi connectivity index (χ1) is 9.96. The fraction of sp³-hybridized carbons (Fsp3) is 0.182. The summed E-state index contributed by atoms with van der Waals surface area (Å²) in [6, 6.07) is 4.43. The zero-order valence-corrected chi connectivity index (χ0v) is 11.6. The molecule has 21 heavy (non-hydrogen) atoms. The number of ether oxygens (including phenoxy) is 1. The highest BCUT2D eigenvalue weighted by Crippen LogP contribution is 2.17. The number of aromatic nitrogens is 3. The molecule has 2 aromatic rings. The standard InChI is InChI=1S/C11H10FN5O3S/c1-2-20-11-14-10(15-16-11)17-21(18,19)8-3-4-9(12)7(5-8)6-13/h3-5H,2H2,1H3,(H2,14,15,16,17). The van der Waals surface area contributed by atoms with Gasteiger partial charge in [0.15, 0.2) is 0 Å². The van der Waals surface area contributed by atoms with Gasteiger partial charge in [0, 0.05) is 0 Å². The molecule has 1 aromatic heterocycles. The van der Waals surface area contributed by atoms with E-state index in [4.69, 9.17) is 10.00 Å². The van der Waals surface area contributed by atoms with Crippen LogP contribution in [0.5, 0.6) is 6.01 Å². The minimum absolute atomic E-state index is 0.00739. The summed E-state index contributed by atoms with van der Waals surface area (Å²) in [6.45, 7) is 2.05. The second kappa shape index (κ2) is 5.76. The number of hydrogen-bond donors (Lipinski definition) is 2. The molecule has 1 aromatic carbocycles. The highest BCUT2D eigenvalue weighted by atomic mass is 32.2. The number of sulfonamides is 1. The van der Waals surface area contributed by atoms with Crippen LogP contribution in [0.25, 0.3) is 0 Å². The first-order valence-electron chi connectivity index (χ1n) is 5.74. The SMILES string of the molecule is CCOc1n[nH]c(NS(=O)(=O)c2ccc(F)c(C#N)c2)n1. The van der Waals surface area contributed by atoms with Gasteiger partial charge in [-0.05, 0) is 25.1 Å². The Morgan fingerprint density at radius 3 is 2.95 bits per heavy atom. The lowest BCUT2D eigenvalue weighted by molar-refractivity contribution is 0.314. The first kappa shape index (κ1) is 14.7. The van der Waals surface area contributed by atoms with E-state index in [0.29, 0.717) is 6.61 Å². The van der Waals surface area contributed by atoms with Crippen LogP contribution < -0.4 is 9.46 Å². The van der Waals surface area contributed by atoms with Gasteiger partial charge in [0.1, 0.15) is 11.9 Å². The van der Waals surface area contributed by atoms with Crippen molar-refractivity contribution in [1.29, 1.82) is 5.26 Å². The first-order valence-corrected chi connectivity index (χ1v) is 7.22. The highest BCUT2D eigenvalue weighted by Gasteiger charge is 2.18. The molecule has 2 N–H and O–H groups in total.